The van der Waals surface area contributed by atoms with Crippen molar-refractivity contribution in [2.24, 2.45) is 0 Å². The first kappa shape index (κ1) is 16.8. The Morgan fingerprint density at radius 3 is 2.35 bits per heavy atom. The molecule has 1 rings (SSSR count). The van der Waals surface area contributed by atoms with Gasteiger partial charge in [-0.1, -0.05) is 6.92 Å². The molecule has 0 amide bonds. The first-order chi connectivity index (χ1) is 9.64. The van der Waals surface area contributed by atoms with Gasteiger partial charge < -0.3 is 15.5 Å². The van der Waals surface area contributed by atoms with Crippen molar-refractivity contribution in [3.63, 3.8) is 0 Å². The molecule has 0 radical (unpaired) electrons. The molecule has 7 heteroatoms. The third kappa shape index (κ3) is 5.03. The molecule has 0 aliphatic carbocycles. The van der Waals surface area contributed by atoms with Gasteiger partial charge in [-0.05, 0) is 26.5 Å². The molecule has 1 aromatic rings. The second-order valence-electron chi connectivity index (χ2n) is 4.47. The maximum atomic E-state index is 4.49. The Morgan fingerprint density at radius 1 is 1.15 bits per heavy atom. The number of hydrogen-bond donors (Lipinski definition) is 2. The minimum atomic E-state index is 0.599. The first-order valence-corrected chi connectivity index (χ1v) is 8.38. The van der Waals surface area contributed by atoms with Gasteiger partial charge in [-0.25, -0.2) is 0 Å². The molecule has 20 heavy (non-hydrogen) atoms. The van der Waals surface area contributed by atoms with Crippen LogP contribution in [0.25, 0.3) is 0 Å². The van der Waals surface area contributed by atoms with Gasteiger partial charge in [0.05, 0.1) is 0 Å². The predicted octanol–water partition coefficient (Wildman–Crippen LogP) is 2.31. The van der Waals surface area contributed by atoms with Gasteiger partial charge in [0.15, 0.2) is 0 Å². The van der Waals surface area contributed by atoms with E-state index in [4.69, 9.17) is 0 Å². The molecule has 0 saturated heterocycles. The number of thioether (sulfide) groups is 1. The van der Waals surface area contributed by atoms with E-state index in [0.717, 1.165) is 32.0 Å². The standard InChI is InChI=1S/C13H26N6S/c1-6-19(7-2)13-17-11(14-4)16-12(18-13)15-9-8-10(3)20-5/h10H,6-9H2,1-5H3,(H2,14,15,16,17,18). The van der Waals surface area contributed by atoms with Gasteiger partial charge in [-0.2, -0.15) is 26.7 Å². The average Bonchev–Trinajstić information content (AvgIpc) is 2.48. The van der Waals surface area contributed by atoms with E-state index >= 15 is 0 Å². The molecule has 0 aliphatic heterocycles. The summed E-state index contributed by atoms with van der Waals surface area (Å²) in [6.45, 7) is 9.05. The van der Waals surface area contributed by atoms with Crippen molar-refractivity contribution in [3.05, 3.63) is 0 Å². The van der Waals surface area contributed by atoms with E-state index in [1.165, 1.54) is 0 Å². The van der Waals surface area contributed by atoms with Crippen LogP contribution in [0.3, 0.4) is 0 Å². The van der Waals surface area contributed by atoms with Crippen LogP contribution < -0.4 is 15.5 Å². The summed E-state index contributed by atoms with van der Waals surface area (Å²) in [5.41, 5.74) is 0. The zero-order valence-corrected chi connectivity index (χ0v) is 13.9. The van der Waals surface area contributed by atoms with Crippen molar-refractivity contribution in [1.82, 2.24) is 15.0 Å². The number of rotatable bonds is 9. The van der Waals surface area contributed by atoms with E-state index in [2.05, 4.69) is 57.5 Å². The monoisotopic (exact) mass is 298 g/mol. The van der Waals surface area contributed by atoms with Gasteiger partial charge in [0.1, 0.15) is 0 Å². The van der Waals surface area contributed by atoms with E-state index in [9.17, 15) is 0 Å². The van der Waals surface area contributed by atoms with Gasteiger partial charge in [0.2, 0.25) is 17.8 Å². The molecule has 0 fully saturated rings. The summed E-state index contributed by atoms with van der Waals surface area (Å²) in [5, 5.41) is 6.91. The molecule has 0 bridgehead atoms. The molecule has 1 atom stereocenters. The maximum Gasteiger partial charge on any atom is 0.231 e. The van der Waals surface area contributed by atoms with E-state index in [1.807, 2.05) is 18.8 Å². The molecule has 0 aromatic carbocycles. The number of nitrogens with one attached hydrogen (secondary N) is 2. The summed E-state index contributed by atoms with van der Waals surface area (Å²) in [5.74, 6) is 1.96. The Balaban J connectivity index is 2.77. The van der Waals surface area contributed by atoms with E-state index in [0.29, 0.717) is 17.1 Å². The van der Waals surface area contributed by atoms with Crippen LogP contribution in [0.1, 0.15) is 27.2 Å². The van der Waals surface area contributed by atoms with Crippen LogP contribution in [-0.2, 0) is 0 Å². The Morgan fingerprint density at radius 2 is 1.80 bits per heavy atom. The number of hydrogen-bond acceptors (Lipinski definition) is 7. The number of anilines is 3. The van der Waals surface area contributed by atoms with Crippen LogP contribution in [0.2, 0.25) is 0 Å². The lowest BCUT2D eigenvalue weighted by Gasteiger charge is -2.19. The van der Waals surface area contributed by atoms with E-state index in [1.54, 1.807) is 0 Å². The largest absolute Gasteiger partial charge is 0.357 e. The molecule has 0 aliphatic rings. The van der Waals surface area contributed by atoms with Crippen molar-refractivity contribution >= 4 is 29.6 Å². The quantitative estimate of drug-likeness (QED) is 0.725. The molecule has 1 unspecified atom stereocenters. The zero-order chi connectivity index (χ0) is 15.0. The third-order valence-electron chi connectivity index (χ3n) is 3.13. The van der Waals surface area contributed by atoms with Crippen molar-refractivity contribution in [1.29, 1.82) is 0 Å². The lowest BCUT2D eigenvalue weighted by molar-refractivity contribution is 0.805. The molecule has 6 nitrogen and oxygen atoms in total. The summed E-state index contributed by atoms with van der Waals surface area (Å²) >= 11 is 1.87. The Labute approximate surface area is 126 Å². The fourth-order valence-electron chi connectivity index (χ4n) is 1.71. The molecular weight excluding hydrogens is 272 g/mol. The van der Waals surface area contributed by atoms with Gasteiger partial charge in [-0.15, -0.1) is 0 Å². The van der Waals surface area contributed by atoms with Crippen LogP contribution in [0, 0.1) is 0 Å². The van der Waals surface area contributed by atoms with Crippen molar-refractivity contribution in [2.45, 2.75) is 32.4 Å². The Bertz CT molecular complexity index is 396. The molecule has 0 spiro atoms. The second kappa shape index (κ2) is 8.84. The van der Waals surface area contributed by atoms with Crippen molar-refractivity contribution in [2.75, 3.05) is 48.5 Å². The van der Waals surface area contributed by atoms with Gasteiger partial charge >= 0.3 is 0 Å². The number of nitrogens with zero attached hydrogens (tertiary/aromatic N) is 4. The van der Waals surface area contributed by atoms with Crippen LogP contribution in [0.4, 0.5) is 17.8 Å². The summed E-state index contributed by atoms with van der Waals surface area (Å²) in [7, 11) is 1.82. The SMILES string of the molecule is CCN(CC)c1nc(NC)nc(NCCC(C)SC)n1. The van der Waals surface area contributed by atoms with Crippen molar-refractivity contribution in [3.8, 4) is 0 Å². The first-order valence-electron chi connectivity index (χ1n) is 7.10. The fraction of sp³-hybridized carbons (Fsp3) is 0.769. The third-order valence-corrected chi connectivity index (χ3v) is 4.17. The van der Waals surface area contributed by atoms with Crippen LogP contribution in [0.5, 0.6) is 0 Å². The molecule has 114 valence electrons. The highest BCUT2D eigenvalue weighted by Gasteiger charge is 2.10. The normalized spacial score (nSPS) is 12.1. The Kier molecular flexibility index (Phi) is 7.43. The highest BCUT2D eigenvalue weighted by atomic mass is 32.2. The Hall–Kier alpha value is -1.24. The zero-order valence-electron chi connectivity index (χ0n) is 13.1. The molecule has 2 N–H and O–H groups in total. The lowest BCUT2D eigenvalue weighted by Crippen LogP contribution is -2.25. The molecule has 1 aromatic heterocycles. The van der Waals surface area contributed by atoms with E-state index < -0.39 is 0 Å². The predicted molar refractivity (Wildman–Crippen MR) is 89.0 cm³/mol. The second-order valence-corrected chi connectivity index (χ2v) is 5.74. The minimum absolute atomic E-state index is 0.599. The number of aromatic nitrogens is 3. The highest BCUT2D eigenvalue weighted by Crippen LogP contribution is 2.14. The summed E-state index contributed by atoms with van der Waals surface area (Å²) < 4.78 is 0. The summed E-state index contributed by atoms with van der Waals surface area (Å²) in [4.78, 5) is 15.4. The van der Waals surface area contributed by atoms with Crippen LogP contribution >= 0.6 is 11.8 Å². The summed E-state index contributed by atoms with van der Waals surface area (Å²) in [6, 6.07) is 0. The highest BCUT2D eigenvalue weighted by molar-refractivity contribution is 7.99. The van der Waals surface area contributed by atoms with Gasteiger partial charge in [-0.3, -0.25) is 0 Å². The molecule has 0 saturated carbocycles. The maximum absolute atomic E-state index is 4.49. The topological polar surface area (TPSA) is 66.0 Å². The van der Waals surface area contributed by atoms with Crippen molar-refractivity contribution < 1.29 is 0 Å². The van der Waals surface area contributed by atoms with Crippen LogP contribution in [-0.4, -0.2) is 53.1 Å². The minimum Gasteiger partial charge on any atom is -0.357 e. The fourth-order valence-corrected chi connectivity index (χ4v) is 2.06. The van der Waals surface area contributed by atoms with Crippen LogP contribution in [0.15, 0.2) is 0 Å². The lowest BCUT2D eigenvalue weighted by atomic mass is 10.3. The molecule has 1 heterocycles. The smallest absolute Gasteiger partial charge is 0.231 e. The van der Waals surface area contributed by atoms with Gasteiger partial charge in [0, 0.05) is 31.9 Å². The summed E-state index contributed by atoms with van der Waals surface area (Å²) in [6.07, 6.45) is 3.22. The van der Waals surface area contributed by atoms with Gasteiger partial charge in [0.25, 0.3) is 0 Å². The average molecular weight is 298 g/mol. The molecular formula is C13H26N6S. The van der Waals surface area contributed by atoms with E-state index in [-0.39, 0.29) is 0 Å².